The largest absolute Gasteiger partial charge is 0.496 e. The second kappa shape index (κ2) is 8.08. The summed E-state index contributed by atoms with van der Waals surface area (Å²) in [5, 5.41) is 0.366. The minimum absolute atomic E-state index is 0.181. The van der Waals surface area contributed by atoms with Gasteiger partial charge in [-0.1, -0.05) is 37.3 Å². The number of fused-ring (bicyclic) bond motifs is 1. The molecule has 5 heteroatoms. The van der Waals surface area contributed by atoms with Crippen molar-refractivity contribution in [2.45, 2.75) is 26.9 Å². The second-order valence-electron chi connectivity index (χ2n) is 6.57. The number of carbonyl (C=O) groups excluding carboxylic acids is 1. The molecule has 1 atom stereocenters. The van der Waals surface area contributed by atoms with Crippen LogP contribution < -0.4 is 14.9 Å². The predicted molar refractivity (Wildman–Crippen MR) is 103 cm³/mol. The van der Waals surface area contributed by atoms with Gasteiger partial charge in [-0.2, -0.15) is 0 Å². The first-order valence-electron chi connectivity index (χ1n) is 8.79. The van der Waals surface area contributed by atoms with Crippen molar-refractivity contribution >= 4 is 17.3 Å². The van der Waals surface area contributed by atoms with Gasteiger partial charge in [0.25, 0.3) is 0 Å². The molecule has 140 valence electrons. The quantitative estimate of drug-likeness (QED) is 0.590. The minimum atomic E-state index is -0.243. The van der Waals surface area contributed by atoms with Crippen molar-refractivity contribution in [3.05, 3.63) is 69.6 Å². The second-order valence-corrected chi connectivity index (χ2v) is 6.57. The van der Waals surface area contributed by atoms with Crippen molar-refractivity contribution in [1.29, 1.82) is 0 Å². The fourth-order valence-electron chi connectivity index (χ4n) is 3.06. The average Bonchev–Trinajstić information content (AvgIpc) is 2.67. The molecule has 0 bridgehead atoms. The number of aryl methyl sites for hydroxylation is 1. The highest BCUT2D eigenvalue weighted by Gasteiger charge is 2.21. The molecule has 0 N–H and O–H groups in total. The van der Waals surface area contributed by atoms with Crippen molar-refractivity contribution in [3.63, 3.8) is 0 Å². The fraction of sp³-hybridized carbons (Fsp3) is 0.273. The van der Waals surface area contributed by atoms with Crippen molar-refractivity contribution in [3.8, 4) is 11.5 Å². The van der Waals surface area contributed by atoms with Crippen LogP contribution in [0.15, 0.2) is 51.7 Å². The van der Waals surface area contributed by atoms with Crippen LogP contribution in [0.25, 0.3) is 11.0 Å². The molecule has 0 saturated heterocycles. The summed E-state index contributed by atoms with van der Waals surface area (Å²) in [4.78, 5) is 23.9. The molecule has 3 rings (SSSR count). The Morgan fingerprint density at radius 3 is 2.59 bits per heavy atom. The van der Waals surface area contributed by atoms with E-state index >= 15 is 0 Å². The van der Waals surface area contributed by atoms with Crippen molar-refractivity contribution in [2.24, 2.45) is 5.92 Å². The number of aldehydes is 1. The molecule has 0 radical (unpaired) electrons. The van der Waals surface area contributed by atoms with Crippen LogP contribution in [0.1, 0.15) is 23.8 Å². The number of rotatable bonds is 7. The molecule has 0 aliphatic rings. The molecule has 0 saturated carbocycles. The fourth-order valence-corrected chi connectivity index (χ4v) is 3.06. The number of carbonyl (C=O) groups is 1. The van der Waals surface area contributed by atoms with Crippen molar-refractivity contribution < 1.29 is 18.7 Å². The van der Waals surface area contributed by atoms with Crippen LogP contribution in [-0.4, -0.2) is 13.4 Å². The molecule has 0 unspecified atom stereocenters. The van der Waals surface area contributed by atoms with E-state index in [0.717, 1.165) is 11.8 Å². The molecule has 0 aliphatic heterocycles. The van der Waals surface area contributed by atoms with Crippen molar-refractivity contribution in [2.75, 3.05) is 7.11 Å². The van der Waals surface area contributed by atoms with E-state index in [-0.39, 0.29) is 11.3 Å². The average molecular weight is 366 g/mol. The normalized spacial score (nSPS) is 12.0. The van der Waals surface area contributed by atoms with E-state index in [0.29, 0.717) is 46.8 Å². The molecule has 0 fully saturated rings. The zero-order valence-electron chi connectivity index (χ0n) is 15.7. The molecular formula is C22H22O5. The van der Waals surface area contributed by atoms with Crippen LogP contribution in [0.3, 0.4) is 0 Å². The van der Waals surface area contributed by atoms with Crippen LogP contribution in [0, 0.1) is 12.8 Å². The predicted octanol–water partition coefficient (Wildman–Crippen LogP) is 4.07. The first-order valence-corrected chi connectivity index (χ1v) is 8.79. The molecule has 0 amide bonds. The third kappa shape index (κ3) is 4.03. The smallest absolute Gasteiger partial charge is 0.196 e. The lowest BCUT2D eigenvalue weighted by Gasteiger charge is -2.18. The maximum Gasteiger partial charge on any atom is 0.196 e. The van der Waals surface area contributed by atoms with E-state index in [1.54, 1.807) is 20.1 Å². The van der Waals surface area contributed by atoms with Gasteiger partial charge in [-0.15, -0.1) is 0 Å². The molecule has 27 heavy (non-hydrogen) atoms. The highest BCUT2D eigenvalue weighted by atomic mass is 16.5. The van der Waals surface area contributed by atoms with Gasteiger partial charge in [-0.05, 0) is 18.9 Å². The number of benzene rings is 2. The van der Waals surface area contributed by atoms with E-state index in [9.17, 15) is 9.59 Å². The van der Waals surface area contributed by atoms with Gasteiger partial charge in [0.15, 0.2) is 5.43 Å². The topological polar surface area (TPSA) is 65.7 Å². The maximum absolute atomic E-state index is 12.7. The van der Waals surface area contributed by atoms with E-state index in [2.05, 4.69) is 0 Å². The lowest BCUT2D eigenvalue weighted by molar-refractivity contribution is -0.110. The standard InChI is InChI=1S/C22H22O5/c1-14(12-23)9-17-19(25-3)11-20-21(18(24)10-15(2)27-20)22(17)26-13-16-7-5-4-6-8-16/h4-8,10-12,14H,9,13H2,1-3H3/t14-/m0/s1. The summed E-state index contributed by atoms with van der Waals surface area (Å²) in [6.45, 7) is 3.83. The third-order valence-electron chi connectivity index (χ3n) is 4.36. The summed E-state index contributed by atoms with van der Waals surface area (Å²) in [5.74, 6) is 1.22. The Hall–Kier alpha value is -3.08. The molecule has 0 spiro atoms. The Morgan fingerprint density at radius 1 is 1.19 bits per heavy atom. The first kappa shape index (κ1) is 18.7. The Balaban J connectivity index is 2.19. The van der Waals surface area contributed by atoms with Crippen LogP contribution in [0.5, 0.6) is 11.5 Å². The molecule has 1 aromatic heterocycles. The Kier molecular flexibility index (Phi) is 5.60. The number of methoxy groups -OCH3 is 1. The molecule has 1 heterocycles. The van der Waals surface area contributed by atoms with Crippen LogP contribution in [0.4, 0.5) is 0 Å². The van der Waals surface area contributed by atoms with Crippen LogP contribution in [-0.2, 0) is 17.8 Å². The van der Waals surface area contributed by atoms with E-state index < -0.39 is 0 Å². The third-order valence-corrected chi connectivity index (χ3v) is 4.36. The van der Waals surface area contributed by atoms with E-state index in [4.69, 9.17) is 13.9 Å². The van der Waals surface area contributed by atoms with Crippen molar-refractivity contribution in [1.82, 2.24) is 0 Å². The van der Waals surface area contributed by atoms with E-state index in [1.807, 2.05) is 37.3 Å². The van der Waals surface area contributed by atoms with Gasteiger partial charge in [0, 0.05) is 23.6 Å². The molecule has 2 aromatic carbocycles. The minimum Gasteiger partial charge on any atom is -0.496 e. The highest BCUT2D eigenvalue weighted by Crippen LogP contribution is 2.37. The monoisotopic (exact) mass is 366 g/mol. The van der Waals surface area contributed by atoms with Gasteiger partial charge in [0.1, 0.15) is 41.1 Å². The summed E-state index contributed by atoms with van der Waals surface area (Å²) in [6.07, 6.45) is 1.28. The Bertz CT molecular complexity index is 1000. The van der Waals surface area contributed by atoms with E-state index in [1.165, 1.54) is 6.07 Å². The van der Waals surface area contributed by atoms with Gasteiger partial charge in [0.2, 0.25) is 0 Å². The van der Waals surface area contributed by atoms with Gasteiger partial charge >= 0.3 is 0 Å². The zero-order chi connectivity index (χ0) is 19.4. The van der Waals surface area contributed by atoms with Gasteiger partial charge in [-0.3, -0.25) is 4.79 Å². The zero-order valence-corrected chi connectivity index (χ0v) is 15.7. The summed E-state index contributed by atoms with van der Waals surface area (Å²) in [7, 11) is 1.55. The van der Waals surface area contributed by atoms with Crippen LogP contribution >= 0.6 is 0 Å². The Morgan fingerprint density at radius 2 is 1.93 bits per heavy atom. The van der Waals surface area contributed by atoms with Crippen LogP contribution in [0.2, 0.25) is 0 Å². The lowest BCUT2D eigenvalue weighted by Crippen LogP contribution is -2.11. The highest BCUT2D eigenvalue weighted by molar-refractivity contribution is 5.87. The summed E-state index contributed by atoms with van der Waals surface area (Å²) >= 11 is 0. The molecule has 0 aliphatic carbocycles. The summed E-state index contributed by atoms with van der Waals surface area (Å²) < 4.78 is 17.3. The molecule has 5 nitrogen and oxygen atoms in total. The number of ether oxygens (including phenoxy) is 2. The maximum atomic E-state index is 12.7. The van der Waals surface area contributed by atoms with Gasteiger partial charge in [-0.25, -0.2) is 0 Å². The summed E-state index contributed by atoms with van der Waals surface area (Å²) in [5.41, 5.74) is 1.89. The molecule has 3 aromatic rings. The van der Waals surface area contributed by atoms with Gasteiger partial charge in [0.05, 0.1) is 7.11 Å². The SMILES string of the molecule is COc1cc2oc(C)cc(=O)c2c(OCc2ccccc2)c1C[C@H](C)C=O. The Labute approximate surface area is 157 Å². The first-order chi connectivity index (χ1) is 13.0. The molecular weight excluding hydrogens is 344 g/mol. The lowest BCUT2D eigenvalue weighted by atomic mass is 9.98. The number of hydrogen-bond acceptors (Lipinski definition) is 5. The van der Waals surface area contributed by atoms with Gasteiger partial charge < -0.3 is 18.7 Å². The number of hydrogen-bond donors (Lipinski definition) is 0. The summed E-state index contributed by atoms with van der Waals surface area (Å²) in [6, 6.07) is 12.8.